The van der Waals surface area contributed by atoms with E-state index in [4.69, 9.17) is 5.73 Å². The highest BCUT2D eigenvalue weighted by Gasteiger charge is 2.19. The van der Waals surface area contributed by atoms with Gasteiger partial charge in [-0.1, -0.05) is 45.8 Å². The van der Waals surface area contributed by atoms with Crippen molar-refractivity contribution in [1.82, 2.24) is 9.88 Å². The number of aryl methyl sites for hydroxylation is 1. The van der Waals surface area contributed by atoms with Crippen LogP contribution in [-0.4, -0.2) is 21.7 Å². The van der Waals surface area contributed by atoms with Crippen molar-refractivity contribution in [2.45, 2.75) is 25.9 Å². The summed E-state index contributed by atoms with van der Waals surface area (Å²) in [7, 11) is 0. The van der Waals surface area contributed by atoms with Gasteiger partial charge in [0, 0.05) is 16.4 Å². The standard InChI is InChI=1S/C23H23BrN4O4/c1-14-4-6-15(7-5-14)20(12-21(29)30)27-23(32)26-19-3-2-10-28(22(19)31)13-16-11-17(25)8-9-18(16)24/h2-11,20H,12-13,25H2,1H3,(H,29,30)(H2,26,27,32)/t20-/m0/s1. The summed E-state index contributed by atoms with van der Waals surface area (Å²) in [5.74, 6) is -1.05. The lowest BCUT2D eigenvalue weighted by molar-refractivity contribution is -0.137. The number of aromatic nitrogens is 1. The number of anilines is 2. The number of nitrogens with zero attached hydrogens (tertiary/aromatic N) is 1. The molecule has 0 fully saturated rings. The van der Waals surface area contributed by atoms with Crippen molar-refractivity contribution in [2.75, 3.05) is 11.1 Å². The van der Waals surface area contributed by atoms with Gasteiger partial charge in [-0.2, -0.15) is 0 Å². The van der Waals surface area contributed by atoms with Crippen LogP contribution in [0, 0.1) is 6.92 Å². The van der Waals surface area contributed by atoms with E-state index in [0.29, 0.717) is 11.3 Å². The van der Waals surface area contributed by atoms with Gasteiger partial charge in [-0.25, -0.2) is 4.79 Å². The van der Waals surface area contributed by atoms with Gasteiger partial charge < -0.3 is 26.0 Å². The molecule has 5 N–H and O–H groups in total. The fourth-order valence-electron chi connectivity index (χ4n) is 3.20. The Morgan fingerprint density at radius 3 is 2.56 bits per heavy atom. The summed E-state index contributed by atoms with van der Waals surface area (Å²) < 4.78 is 2.26. The molecule has 32 heavy (non-hydrogen) atoms. The lowest BCUT2D eigenvalue weighted by Gasteiger charge is -2.18. The van der Waals surface area contributed by atoms with Crippen LogP contribution in [0.1, 0.15) is 29.2 Å². The number of carbonyl (C=O) groups excluding carboxylic acids is 1. The molecule has 1 atom stereocenters. The second kappa shape index (κ2) is 10.1. The number of nitrogens with one attached hydrogen (secondary N) is 2. The molecule has 0 unspecified atom stereocenters. The molecule has 166 valence electrons. The third kappa shape index (κ3) is 5.98. The Hall–Kier alpha value is -3.59. The van der Waals surface area contributed by atoms with Crippen molar-refractivity contribution in [2.24, 2.45) is 0 Å². The molecule has 2 amide bonds. The van der Waals surface area contributed by atoms with Gasteiger partial charge in [0.15, 0.2) is 0 Å². The molecular weight excluding hydrogens is 476 g/mol. The van der Waals surface area contributed by atoms with E-state index in [9.17, 15) is 19.5 Å². The molecule has 0 bridgehead atoms. The number of amides is 2. The zero-order valence-corrected chi connectivity index (χ0v) is 18.9. The monoisotopic (exact) mass is 498 g/mol. The largest absolute Gasteiger partial charge is 0.481 e. The molecule has 9 heteroatoms. The van der Waals surface area contributed by atoms with Crippen molar-refractivity contribution in [3.05, 3.63) is 92.3 Å². The first-order chi connectivity index (χ1) is 15.2. The smallest absolute Gasteiger partial charge is 0.319 e. The molecule has 0 aliphatic heterocycles. The maximum Gasteiger partial charge on any atom is 0.319 e. The van der Waals surface area contributed by atoms with E-state index in [1.165, 1.54) is 10.6 Å². The number of carboxylic acid groups (broad SMARTS) is 1. The van der Waals surface area contributed by atoms with E-state index in [2.05, 4.69) is 26.6 Å². The van der Waals surface area contributed by atoms with E-state index < -0.39 is 23.6 Å². The van der Waals surface area contributed by atoms with Crippen LogP contribution < -0.4 is 21.9 Å². The van der Waals surface area contributed by atoms with E-state index in [1.807, 2.05) is 19.1 Å². The highest BCUT2D eigenvalue weighted by molar-refractivity contribution is 9.10. The quantitative estimate of drug-likeness (QED) is 0.367. The Balaban J connectivity index is 1.77. The number of pyridine rings is 1. The fraction of sp³-hybridized carbons (Fsp3) is 0.174. The molecule has 1 aromatic heterocycles. The van der Waals surface area contributed by atoms with Crippen LogP contribution in [0.2, 0.25) is 0 Å². The number of hydrogen-bond acceptors (Lipinski definition) is 4. The maximum absolute atomic E-state index is 12.9. The number of aliphatic carboxylic acids is 1. The predicted octanol–water partition coefficient (Wildman–Crippen LogP) is 3.89. The zero-order chi connectivity index (χ0) is 23.3. The number of hydrogen-bond donors (Lipinski definition) is 4. The van der Waals surface area contributed by atoms with Gasteiger partial charge in [-0.3, -0.25) is 9.59 Å². The molecule has 2 aromatic carbocycles. The normalized spacial score (nSPS) is 11.6. The summed E-state index contributed by atoms with van der Waals surface area (Å²) in [5, 5.41) is 14.4. The Kier molecular flexibility index (Phi) is 7.32. The molecule has 0 saturated carbocycles. The number of nitrogen functional groups attached to an aromatic ring is 1. The Labute approximate surface area is 193 Å². The molecule has 0 aliphatic rings. The van der Waals surface area contributed by atoms with Crippen molar-refractivity contribution >= 4 is 39.3 Å². The summed E-state index contributed by atoms with van der Waals surface area (Å²) in [6.07, 6.45) is 1.32. The number of carbonyl (C=O) groups is 2. The summed E-state index contributed by atoms with van der Waals surface area (Å²) in [6, 6.07) is 14.3. The first-order valence-corrected chi connectivity index (χ1v) is 10.6. The van der Waals surface area contributed by atoms with Gasteiger partial charge in [-0.05, 0) is 48.4 Å². The molecule has 0 saturated heterocycles. The zero-order valence-electron chi connectivity index (χ0n) is 17.3. The summed E-state index contributed by atoms with van der Waals surface area (Å²) in [6.45, 7) is 2.17. The van der Waals surface area contributed by atoms with Crippen LogP contribution >= 0.6 is 15.9 Å². The van der Waals surface area contributed by atoms with Crippen LogP contribution in [0.5, 0.6) is 0 Å². The topological polar surface area (TPSA) is 126 Å². The van der Waals surface area contributed by atoms with Crippen molar-refractivity contribution in [1.29, 1.82) is 0 Å². The summed E-state index contributed by atoms with van der Waals surface area (Å²) in [4.78, 5) is 36.7. The summed E-state index contributed by atoms with van der Waals surface area (Å²) >= 11 is 3.45. The highest BCUT2D eigenvalue weighted by atomic mass is 79.9. The van der Waals surface area contributed by atoms with Gasteiger partial charge in [0.05, 0.1) is 19.0 Å². The molecular formula is C23H23BrN4O4. The number of nitrogens with two attached hydrogens (primary N) is 1. The minimum atomic E-state index is -1.05. The van der Waals surface area contributed by atoms with Crippen LogP contribution in [-0.2, 0) is 11.3 Å². The van der Waals surface area contributed by atoms with Gasteiger partial charge >= 0.3 is 12.0 Å². The third-order valence-corrected chi connectivity index (χ3v) is 5.62. The number of rotatable bonds is 7. The van der Waals surface area contributed by atoms with Gasteiger partial charge in [0.25, 0.3) is 5.56 Å². The predicted molar refractivity (Wildman–Crippen MR) is 127 cm³/mol. The van der Waals surface area contributed by atoms with Crippen molar-refractivity contribution < 1.29 is 14.7 Å². The van der Waals surface area contributed by atoms with Crippen molar-refractivity contribution in [3.8, 4) is 0 Å². The van der Waals surface area contributed by atoms with Crippen LogP contribution in [0.15, 0.2) is 70.1 Å². The first kappa shape index (κ1) is 23.1. The SMILES string of the molecule is Cc1ccc([C@H](CC(=O)O)NC(=O)Nc2cccn(Cc3cc(N)ccc3Br)c2=O)cc1. The minimum Gasteiger partial charge on any atom is -0.481 e. The number of halogens is 1. The lowest BCUT2D eigenvalue weighted by Crippen LogP contribution is -2.36. The third-order valence-electron chi connectivity index (χ3n) is 4.84. The molecule has 0 aliphatic carbocycles. The van der Waals surface area contributed by atoms with E-state index >= 15 is 0 Å². The number of carboxylic acids is 1. The molecule has 0 radical (unpaired) electrons. The fourth-order valence-corrected chi connectivity index (χ4v) is 3.57. The molecule has 0 spiro atoms. The van der Waals surface area contributed by atoms with Crippen LogP contribution in [0.25, 0.3) is 0 Å². The number of urea groups is 1. The van der Waals surface area contributed by atoms with Gasteiger partial charge in [0.2, 0.25) is 0 Å². The van der Waals surface area contributed by atoms with Crippen LogP contribution in [0.4, 0.5) is 16.2 Å². The van der Waals surface area contributed by atoms with E-state index in [-0.39, 0.29) is 18.7 Å². The highest BCUT2D eigenvalue weighted by Crippen LogP contribution is 2.21. The molecule has 3 aromatic rings. The molecule has 8 nitrogen and oxygen atoms in total. The van der Waals surface area contributed by atoms with E-state index in [0.717, 1.165) is 15.6 Å². The Morgan fingerprint density at radius 2 is 1.88 bits per heavy atom. The average molecular weight is 499 g/mol. The second-order valence-corrected chi connectivity index (χ2v) is 8.22. The lowest BCUT2D eigenvalue weighted by atomic mass is 10.0. The molecule has 3 rings (SSSR count). The Morgan fingerprint density at radius 1 is 1.16 bits per heavy atom. The van der Waals surface area contributed by atoms with E-state index in [1.54, 1.807) is 42.6 Å². The van der Waals surface area contributed by atoms with Gasteiger partial charge in [0.1, 0.15) is 5.69 Å². The van der Waals surface area contributed by atoms with Crippen molar-refractivity contribution in [3.63, 3.8) is 0 Å². The van der Waals surface area contributed by atoms with Gasteiger partial charge in [-0.15, -0.1) is 0 Å². The average Bonchev–Trinajstić information content (AvgIpc) is 2.73. The second-order valence-electron chi connectivity index (χ2n) is 7.37. The first-order valence-electron chi connectivity index (χ1n) is 9.82. The Bertz CT molecular complexity index is 1190. The summed E-state index contributed by atoms with van der Waals surface area (Å²) in [5.41, 5.74) is 8.57. The molecule has 1 heterocycles. The number of benzene rings is 2. The minimum absolute atomic E-state index is 0.0722. The maximum atomic E-state index is 12.9. The van der Waals surface area contributed by atoms with Crippen LogP contribution in [0.3, 0.4) is 0 Å².